The lowest BCUT2D eigenvalue weighted by Gasteiger charge is -2.15. The number of hydrogen-bond donors (Lipinski definition) is 1. The lowest BCUT2D eigenvalue weighted by Crippen LogP contribution is -2.20. The van der Waals surface area contributed by atoms with Gasteiger partial charge in [-0.25, -0.2) is 0 Å². The van der Waals surface area contributed by atoms with Gasteiger partial charge >= 0.3 is 0 Å². The van der Waals surface area contributed by atoms with Crippen LogP contribution < -0.4 is 5.32 Å². The highest BCUT2D eigenvalue weighted by Crippen LogP contribution is 2.23. The number of hydrogen-bond acceptors (Lipinski definition) is 2. The van der Waals surface area contributed by atoms with E-state index in [1.807, 2.05) is 12.1 Å². The van der Waals surface area contributed by atoms with E-state index in [0.29, 0.717) is 0 Å². The standard InChI is InChI=1S/C16H21BrClN3/c1-4-14-16(17)15(21(5-2)20-14)10-19-11(3)12-6-8-13(18)9-7-12/h6-9,11,19H,4-5,10H2,1-3H3/t11-/m0/s1. The molecule has 21 heavy (non-hydrogen) atoms. The number of aromatic nitrogens is 2. The van der Waals surface area contributed by atoms with Crippen LogP contribution in [0.2, 0.25) is 5.02 Å². The third kappa shape index (κ3) is 3.87. The van der Waals surface area contributed by atoms with Gasteiger partial charge in [-0.15, -0.1) is 0 Å². The highest BCUT2D eigenvalue weighted by molar-refractivity contribution is 9.10. The SMILES string of the molecule is CCc1nn(CC)c(CN[C@@H](C)c2ccc(Cl)cc2)c1Br. The normalized spacial score (nSPS) is 12.6. The first-order valence-electron chi connectivity index (χ1n) is 7.29. The molecule has 0 saturated heterocycles. The molecule has 1 atom stereocenters. The molecule has 3 nitrogen and oxygen atoms in total. The van der Waals surface area contributed by atoms with Crippen LogP contribution in [-0.4, -0.2) is 9.78 Å². The number of benzene rings is 1. The second kappa shape index (κ2) is 7.43. The smallest absolute Gasteiger partial charge is 0.0767 e. The maximum Gasteiger partial charge on any atom is 0.0767 e. The van der Waals surface area contributed by atoms with E-state index in [1.54, 1.807) is 0 Å². The summed E-state index contributed by atoms with van der Waals surface area (Å²) in [5.74, 6) is 0. The summed E-state index contributed by atoms with van der Waals surface area (Å²) in [5, 5.41) is 8.94. The predicted molar refractivity (Wildman–Crippen MR) is 91.7 cm³/mol. The lowest BCUT2D eigenvalue weighted by molar-refractivity contribution is 0.529. The van der Waals surface area contributed by atoms with Crippen molar-refractivity contribution in [2.75, 3.05) is 0 Å². The van der Waals surface area contributed by atoms with Gasteiger partial charge in [-0.1, -0.05) is 30.7 Å². The van der Waals surface area contributed by atoms with Crippen LogP contribution >= 0.6 is 27.5 Å². The zero-order valence-electron chi connectivity index (χ0n) is 12.7. The molecule has 0 saturated carbocycles. The summed E-state index contributed by atoms with van der Waals surface area (Å²) in [6.07, 6.45) is 0.938. The van der Waals surface area contributed by atoms with Gasteiger partial charge in [-0.05, 0) is 53.9 Å². The van der Waals surface area contributed by atoms with Crippen LogP contribution in [0.1, 0.15) is 43.8 Å². The predicted octanol–water partition coefficient (Wildman–Crippen LogP) is 4.73. The van der Waals surface area contributed by atoms with Gasteiger partial charge in [-0.2, -0.15) is 5.10 Å². The monoisotopic (exact) mass is 369 g/mol. The summed E-state index contributed by atoms with van der Waals surface area (Å²) >= 11 is 9.61. The molecule has 1 aromatic carbocycles. The van der Waals surface area contributed by atoms with Gasteiger partial charge in [-0.3, -0.25) is 4.68 Å². The molecule has 0 amide bonds. The molecule has 2 rings (SSSR count). The molecule has 1 aromatic heterocycles. The average Bonchev–Trinajstić information content (AvgIpc) is 2.81. The molecular formula is C16H21BrClN3. The number of nitrogens with zero attached hydrogens (tertiary/aromatic N) is 2. The largest absolute Gasteiger partial charge is 0.305 e. The quantitative estimate of drug-likeness (QED) is 0.796. The first-order chi connectivity index (χ1) is 10.1. The molecule has 0 radical (unpaired) electrons. The minimum atomic E-state index is 0.263. The van der Waals surface area contributed by atoms with E-state index < -0.39 is 0 Å². The molecule has 0 aliphatic heterocycles. The number of nitrogens with one attached hydrogen (secondary N) is 1. The lowest BCUT2D eigenvalue weighted by atomic mass is 10.1. The molecule has 0 fully saturated rings. The zero-order chi connectivity index (χ0) is 15.4. The van der Waals surface area contributed by atoms with Crippen molar-refractivity contribution in [1.29, 1.82) is 0 Å². The van der Waals surface area contributed by atoms with Gasteiger partial charge < -0.3 is 5.32 Å². The van der Waals surface area contributed by atoms with Gasteiger partial charge in [0.05, 0.1) is 15.9 Å². The van der Waals surface area contributed by atoms with E-state index in [1.165, 1.54) is 11.3 Å². The van der Waals surface area contributed by atoms with E-state index in [4.69, 9.17) is 11.6 Å². The maximum absolute atomic E-state index is 5.93. The topological polar surface area (TPSA) is 29.9 Å². The Morgan fingerprint density at radius 3 is 2.52 bits per heavy atom. The molecule has 114 valence electrons. The Balaban J connectivity index is 2.09. The molecular weight excluding hydrogens is 350 g/mol. The molecule has 0 aliphatic carbocycles. The summed E-state index contributed by atoms with van der Waals surface area (Å²) in [6, 6.07) is 8.24. The van der Waals surface area contributed by atoms with E-state index in [0.717, 1.165) is 34.7 Å². The van der Waals surface area contributed by atoms with Crippen LogP contribution in [0.3, 0.4) is 0 Å². The van der Waals surface area contributed by atoms with Crippen molar-refractivity contribution >= 4 is 27.5 Å². The Morgan fingerprint density at radius 2 is 1.95 bits per heavy atom. The molecule has 0 bridgehead atoms. The summed E-state index contributed by atoms with van der Waals surface area (Å²) in [4.78, 5) is 0. The number of rotatable bonds is 6. The van der Waals surface area contributed by atoms with Crippen molar-refractivity contribution in [2.24, 2.45) is 0 Å². The Bertz CT molecular complexity index is 592. The Morgan fingerprint density at radius 1 is 1.29 bits per heavy atom. The second-order valence-corrected chi connectivity index (χ2v) is 6.26. The summed E-state index contributed by atoms with van der Waals surface area (Å²) < 4.78 is 3.19. The van der Waals surface area contributed by atoms with Crippen molar-refractivity contribution in [1.82, 2.24) is 15.1 Å². The van der Waals surface area contributed by atoms with E-state index in [2.05, 4.69) is 63.9 Å². The number of aryl methyl sites for hydroxylation is 2. The maximum atomic E-state index is 5.93. The Labute approximate surface area is 139 Å². The first-order valence-corrected chi connectivity index (χ1v) is 8.46. The first kappa shape index (κ1) is 16.5. The van der Waals surface area contributed by atoms with Crippen molar-refractivity contribution in [3.8, 4) is 0 Å². The highest BCUT2D eigenvalue weighted by Gasteiger charge is 2.14. The molecule has 1 N–H and O–H groups in total. The van der Waals surface area contributed by atoms with Crippen LogP contribution in [0.5, 0.6) is 0 Å². The van der Waals surface area contributed by atoms with E-state index >= 15 is 0 Å². The van der Waals surface area contributed by atoms with Gasteiger partial charge in [0.25, 0.3) is 0 Å². The minimum absolute atomic E-state index is 0.263. The average molecular weight is 371 g/mol. The number of halogens is 2. The highest BCUT2D eigenvalue weighted by atomic mass is 79.9. The van der Waals surface area contributed by atoms with Crippen LogP contribution in [0, 0.1) is 0 Å². The van der Waals surface area contributed by atoms with Crippen LogP contribution in [0.4, 0.5) is 0 Å². The van der Waals surface area contributed by atoms with Crippen molar-refractivity contribution < 1.29 is 0 Å². The van der Waals surface area contributed by atoms with Gasteiger partial charge in [0.1, 0.15) is 0 Å². The molecule has 0 aliphatic rings. The third-order valence-electron chi connectivity index (χ3n) is 3.64. The van der Waals surface area contributed by atoms with Crippen LogP contribution in [-0.2, 0) is 19.5 Å². The fourth-order valence-electron chi connectivity index (χ4n) is 2.31. The van der Waals surface area contributed by atoms with E-state index in [9.17, 15) is 0 Å². The molecule has 0 unspecified atom stereocenters. The third-order valence-corrected chi connectivity index (χ3v) is 4.81. The van der Waals surface area contributed by atoms with Crippen LogP contribution in [0.15, 0.2) is 28.7 Å². The molecule has 0 spiro atoms. The van der Waals surface area contributed by atoms with Crippen molar-refractivity contribution in [3.63, 3.8) is 0 Å². The summed E-state index contributed by atoms with van der Waals surface area (Å²) in [7, 11) is 0. The van der Waals surface area contributed by atoms with Gasteiger partial charge in [0.2, 0.25) is 0 Å². The molecule has 1 heterocycles. The summed E-state index contributed by atoms with van der Waals surface area (Å²) in [5.41, 5.74) is 3.55. The van der Waals surface area contributed by atoms with Gasteiger partial charge in [0.15, 0.2) is 0 Å². The molecule has 2 aromatic rings. The minimum Gasteiger partial charge on any atom is -0.305 e. The van der Waals surface area contributed by atoms with Crippen molar-refractivity contribution in [3.05, 3.63) is 50.7 Å². The Kier molecular flexibility index (Phi) is 5.85. The molecule has 5 heteroatoms. The second-order valence-electron chi connectivity index (χ2n) is 5.03. The fourth-order valence-corrected chi connectivity index (χ4v) is 3.14. The Hall–Kier alpha value is -0.840. The van der Waals surface area contributed by atoms with Crippen LogP contribution in [0.25, 0.3) is 0 Å². The van der Waals surface area contributed by atoms with Crippen molar-refractivity contribution in [2.45, 2.75) is 46.3 Å². The van der Waals surface area contributed by atoms with E-state index in [-0.39, 0.29) is 6.04 Å². The fraction of sp³-hybridized carbons (Fsp3) is 0.438. The van der Waals surface area contributed by atoms with Gasteiger partial charge in [0, 0.05) is 24.2 Å². The summed E-state index contributed by atoms with van der Waals surface area (Å²) in [6.45, 7) is 8.06. The zero-order valence-corrected chi connectivity index (χ0v) is 15.0.